The minimum atomic E-state index is -3.36. The second kappa shape index (κ2) is 10.5. The molecule has 30 heavy (non-hydrogen) atoms. The maximum Gasteiger partial charge on any atom is 0.332 e. The quantitative estimate of drug-likeness (QED) is 0.432. The van der Waals surface area contributed by atoms with Crippen molar-refractivity contribution in [2.24, 2.45) is 11.8 Å². The molecule has 0 spiro atoms. The lowest BCUT2D eigenvalue weighted by Crippen LogP contribution is -2.39. The van der Waals surface area contributed by atoms with Crippen molar-refractivity contribution in [2.45, 2.75) is 56.8 Å². The maximum atomic E-state index is 12.5. The van der Waals surface area contributed by atoms with Gasteiger partial charge in [0, 0.05) is 12.5 Å². The summed E-state index contributed by atoms with van der Waals surface area (Å²) in [6, 6.07) is 9.58. The predicted molar refractivity (Wildman–Crippen MR) is 113 cm³/mol. The Kier molecular flexibility index (Phi) is 8.05. The third-order valence-corrected chi connectivity index (χ3v) is 7.45. The molecule has 0 aromatic heterocycles. The van der Waals surface area contributed by atoms with Crippen LogP contribution in [0.3, 0.4) is 0 Å². The van der Waals surface area contributed by atoms with E-state index in [0.29, 0.717) is 19.4 Å². The molecule has 166 valence electrons. The van der Waals surface area contributed by atoms with Gasteiger partial charge in [0.05, 0.1) is 18.0 Å². The van der Waals surface area contributed by atoms with Gasteiger partial charge >= 0.3 is 5.97 Å². The summed E-state index contributed by atoms with van der Waals surface area (Å²) in [6.45, 7) is 0.383. The summed E-state index contributed by atoms with van der Waals surface area (Å²) in [5.74, 6) is -0.745. The summed E-state index contributed by atoms with van der Waals surface area (Å²) in [4.78, 5) is 10.6. The molecule has 1 aromatic rings. The Morgan fingerprint density at radius 2 is 1.87 bits per heavy atom. The molecule has 3 rings (SSSR count). The minimum absolute atomic E-state index is 0.0646. The van der Waals surface area contributed by atoms with Crippen molar-refractivity contribution in [3.63, 3.8) is 0 Å². The Morgan fingerprint density at radius 3 is 2.57 bits per heavy atom. The number of carboxylic acid groups (broad SMARTS) is 1. The van der Waals surface area contributed by atoms with E-state index >= 15 is 0 Å². The monoisotopic (exact) mass is 437 g/mol. The molecule has 0 aliphatic carbocycles. The van der Waals surface area contributed by atoms with Crippen LogP contribution in [0.25, 0.3) is 0 Å². The Hall–Kier alpha value is -1.74. The molecule has 3 N–H and O–H groups in total. The van der Waals surface area contributed by atoms with Gasteiger partial charge in [-0.25, -0.2) is 17.9 Å². The summed E-state index contributed by atoms with van der Waals surface area (Å²) >= 11 is 0. The normalized spacial score (nSPS) is 27.0. The largest absolute Gasteiger partial charge is 0.479 e. The number of aliphatic carboxylic acids is 1. The van der Waals surface area contributed by atoms with Gasteiger partial charge in [-0.15, -0.1) is 0 Å². The van der Waals surface area contributed by atoms with Crippen LogP contribution in [0.2, 0.25) is 0 Å². The van der Waals surface area contributed by atoms with Crippen molar-refractivity contribution in [3.8, 4) is 0 Å². The number of aliphatic hydroxyl groups excluding tert-OH is 1. The van der Waals surface area contributed by atoms with E-state index in [1.807, 2.05) is 42.5 Å². The first kappa shape index (κ1) is 22.9. The first-order chi connectivity index (χ1) is 14.4. The van der Waals surface area contributed by atoms with Crippen LogP contribution in [0, 0.1) is 11.8 Å². The lowest BCUT2D eigenvalue weighted by atomic mass is 9.77. The number of rotatable bonds is 12. The van der Waals surface area contributed by atoms with Gasteiger partial charge in [-0.05, 0) is 50.0 Å². The van der Waals surface area contributed by atoms with Gasteiger partial charge in [-0.2, -0.15) is 0 Å². The average molecular weight is 438 g/mol. The topological polar surface area (TPSA) is 113 Å². The number of carboxylic acids is 1. The molecular formula is C22H31NO6S. The van der Waals surface area contributed by atoms with Crippen LogP contribution >= 0.6 is 0 Å². The van der Waals surface area contributed by atoms with E-state index in [-0.39, 0.29) is 36.2 Å². The molecule has 8 heteroatoms. The van der Waals surface area contributed by atoms with Crippen LogP contribution in [0.5, 0.6) is 0 Å². The number of hydrogen-bond acceptors (Lipinski definition) is 5. The van der Waals surface area contributed by atoms with Crippen LogP contribution in [-0.4, -0.2) is 55.2 Å². The zero-order valence-corrected chi connectivity index (χ0v) is 17.8. The molecule has 2 aliphatic heterocycles. The summed E-state index contributed by atoms with van der Waals surface area (Å²) in [6.07, 6.45) is 6.69. The fraction of sp³-hybridized carbons (Fsp3) is 0.591. The van der Waals surface area contributed by atoms with E-state index in [2.05, 4.69) is 4.72 Å². The first-order valence-electron chi connectivity index (χ1n) is 10.6. The molecule has 5 atom stereocenters. The molecule has 2 aliphatic rings. The third-order valence-electron chi connectivity index (χ3n) is 6.10. The fourth-order valence-corrected chi connectivity index (χ4v) is 5.52. The zero-order valence-electron chi connectivity index (χ0n) is 17.0. The van der Waals surface area contributed by atoms with Crippen molar-refractivity contribution >= 4 is 16.0 Å². The Bertz CT molecular complexity index is 825. The Morgan fingerprint density at radius 1 is 1.17 bits per heavy atom. The average Bonchev–Trinajstić information content (AvgIpc) is 3.33. The number of fused-ring (bicyclic) bond motifs is 2. The van der Waals surface area contributed by atoms with Gasteiger partial charge in [0.2, 0.25) is 10.0 Å². The van der Waals surface area contributed by atoms with Crippen molar-refractivity contribution in [1.82, 2.24) is 4.72 Å². The van der Waals surface area contributed by atoms with Crippen molar-refractivity contribution in [1.29, 1.82) is 0 Å². The minimum Gasteiger partial charge on any atom is -0.479 e. The molecule has 1 unspecified atom stereocenters. The highest BCUT2D eigenvalue weighted by Crippen LogP contribution is 2.45. The summed E-state index contributed by atoms with van der Waals surface area (Å²) < 4.78 is 33.7. The Balaban J connectivity index is 1.47. The van der Waals surface area contributed by atoms with E-state index < -0.39 is 22.1 Å². The zero-order chi connectivity index (χ0) is 21.6. The molecule has 0 saturated carbocycles. The third kappa shape index (κ3) is 6.38. The van der Waals surface area contributed by atoms with Crippen LogP contribution in [-0.2, 0) is 26.0 Å². The number of aryl methyl sites for hydroxylation is 1. The van der Waals surface area contributed by atoms with Crippen molar-refractivity contribution in [2.75, 3.05) is 12.3 Å². The lowest BCUT2D eigenvalue weighted by molar-refractivity contribution is -0.146. The SMILES string of the molecule is O=C(O)[C@H](O)CCC=CCC1[C@H]2CC[C@H](O2)[C@H]1CNS(=O)(=O)CCc1ccccc1. The number of benzene rings is 1. The number of hydrogen-bond donors (Lipinski definition) is 3. The molecule has 2 fully saturated rings. The first-order valence-corrected chi connectivity index (χ1v) is 12.2. The Labute approximate surface area is 178 Å². The predicted octanol–water partition coefficient (Wildman–Crippen LogP) is 2.11. The van der Waals surface area contributed by atoms with E-state index in [1.54, 1.807) is 0 Å². The number of sulfonamides is 1. The number of allylic oxidation sites excluding steroid dienone is 2. The van der Waals surface area contributed by atoms with Gasteiger partial charge in [0.25, 0.3) is 0 Å². The van der Waals surface area contributed by atoms with Gasteiger partial charge < -0.3 is 14.9 Å². The van der Waals surface area contributed by atoms with Crippen LogP contribution in [0.1, 0.15) is 37.7 Å². The summed E-state index contributed by atoms with van der Waals surface area (Å²) in [7, 11) is -3.36. The number of carbonyl (C=O) groups is 1. The van der Waals surface area contributed by atoms with E-state index in [1.165, 1.54) is 0 Å². The molecule has 2 bridgehead atoms. The molecule has 7 nitrogen and oxygen atoms in total. The molecule has 2 heterocycles. The highest BCUT2D eigenvalue weighted by atomic mass is 32.2. The van der Waals surface area contributed by atoms with Crippen LogP contribution < -0.4 is 4.72 Å². The second-order valence-electron chi connectivity index (χ2n) is 8.16. The van der Waals surface area contributed by atoms with E-state index in [4.69, 9.17) is 9.84 Å². The number of nitrogens with one attached hydrogen (secondary N) is 1. The van der Waals surface area contributed by atoms with Crippen molar-refractivity contribution < 1.29 is 28.2 Å². The van der Waals surface area contributed by atoms with E-state index in [9.17, 15) is 18.3 Å². The highest BCUT2D eigenvalue weighted by Gasteiger charge is 2.48. The van der Waals surface area contributed by atoms with E-state index in [0.717, 1.165) is 24.8 Å². The molecule has 2 saturated heterocycles. The summed E-state index contributed by atoms with van der Waals surface area (Å²) in [5.41, 5.74) is 1.00. The second-order valence-corrected chi connectivity index (χ2v) is 10.1. The van der Waals surface area contributed by atoms with Gasteiger partial charge in [-0.1, -0.05) is 42.5 Å². The number of aliphatic hydroxyl groups is 1. The fourth-order valence-electron chi connectivity index (χ4n) is 4.42. The van der Waals surface area contributed by atoms with Gasteiger partial charge in [-0.3, -0.25) is 0 Å². The number of ether oxygens (including phenoxy) is 1. The molecule has 1 aromatic carbocycles. The maximum absolute atomic E-state index is 12.5. The van der Waals surface area contributed by atoms with Crippen LogP contribution in [0.4, 0.5) is 0 Å². The lowest BCUT2D eigenvalue weighted by Gasteiger charge is -2.27. The molecular weight excluding hydrogens is 406 g/mol. The van der Waals surface area contributed by atoms with Crippen LogP contribution in [0.15, 0.2) is 42.5 Å². The molecule has 0 amide bonds. The van der Waals surface area contributed by atoms with Crippen molar-refractivity contribution in [3.05, 3.63) is 48.0 Å². The standard InChI is InChI=1S/C22H31NO6S/c24-19(22(25)26)10-6-2-5-9-17-18(21-12-11-20(17)29-21)15-23-30(27,28)14-13-16-7-3-1-4-8-16/h1-5,7-8,17-21,23-24H,6,9-15H2,(H,25,26)/t17?,18-,19+,20+,21-/m0/s1. The van der Waals surface area contributed by atoms with Gasteiger partial charge in [0.15, 0.2) is 6.10 Å². The molecule has 0 radical (unpaired) electrons. The summed E-state index contributed by atoms with van der Waals surface area (Å²) in [5, 5.41) is 18.0. The highest BCUT2D eigenvalue weighted by molar-refractivity contribution is 7.89. The van der Waals surface area contributed by atoms with Gasteiger partial charge in [0.1, 0.15) is 0 Å². The smallest absolute Gasteiger partial charge is 0.332 e.